The van der Waals surface area contributed by atoms with Gasteiger partial charge in [0.2, 0.25) is 0 Å². The molecule has 2 heterocycles. The number of ether oxygens (including phenoxy) is 1. The molecule has 150 valence electrons. The van der Waals surface area contributed by atoms with E-state index in [0.717, 1.165) is 15.9 Å². The smallest absolute Gasteiger partial charge is 0.279 e. The Bertz CT molecular complexity index is 1030. The van der Waals surface area contributed by atoms with Gasteiger partial charge in [-0.05, 0) is 57.2 Å². The highest BCUT2D eigenvalue weighted by Gasteiger charge is 2.16. The monoisotopic (exact) mass is 457 g/mol. The van der Waals surface area contributed by atoms with Crippen LogP contribution in [0.15, 0.2) is 53.1 Å². The maximum absolute atomic E-state index is 12.3. The molecule has 0 spiro atoms. The predicted octanol–water partition coefficient (Wildman–Crippen LogP) is 2.88. The Kier molecular flexibility index (Phi) is 6.28. The van der Waals surface area contributed by atoms with Crippen LogP contribution in [0.2, 0.25) is 0 Å². The third-order valence-electron chi connectivity index (χ3n) is 4.01. The van der Waals surface area contributed by atoms with E-state index in [9.17, 15) is 9.59 Å². The molecule has 8 nitrogen and oxygen atoms in total. The number of carbonyl (C=O) groups excluding carboxylic acids is 2. The summed E-state index contributed by atoms with van der Waals surface area (Å²) in [5.74, 6) is 0.176. The highest BCUT2D eigenvalue weighted by molar-refractivity contribution is 9.10. The van der Waals surface area contributed by atoms with Crippen LogP contribution in [0.25, 0.3) is 5.82 Å². The van der Waals surface area contributed by atoms with E-state index in [-0.39, 0.29) is 0 Å². The zero-order valence-electron chi connectivity index (χ0n) is 16.1. The van der Waals surface area contributed by atoms with Crippen LogP contribution in [-0.2, 0) is 4.79 Å². The number of rotatable bonds is 5. The van der Waals surface area contributed by atoms with Gasteiger partial charge in [0.05, 0.1) is 11.3 Å². The summed E-state index contributed by atoms with van der Waals surface area (Å²) in [6.45, 7) is 5.41. The SMILES string of the molecule is Cc1cc(C)n(-c2ccc(C(=O)NNC(=O)C(C)Oc3cccc(Br)c3)cn2)n1. The van der Waals surface area contributed by atoms with Crippen LogP contribution in [0, 0.1) is 13.8 Å². The molecule has 2 N–H and O–H groups in total. The molecule has 0 radical (unpaired) electrons. The zero-order chi connectivity index (χ0) is 21.0. The molecule has 9 heteroatoms. The lowest BCUT2D eigenvalue weighted by molar-refractivity contribution is -0.128. The van der Waals surface area contributed by atoms with Gasteiger partial charge in [-0.1, -0.05) is 22.0 Å². The van der Waals surface area contributed by atoms with Crippen molar-refractivity contribution in [1.82, 2.24) is 25.6 Å². The number of nitrogens with zero attached hydrogens (tertiary/aromatic N) is 3. The minimum Gasteiger partial charge on any atom is -0.481 e. The first-order valence-corrected chi connectivity index (χ1v) is 9.65. The Balaban J connectivity index is 1.56. The van der Waals surface area contributed by atoms with E-state index in [1.807, 2.05) is 26.0 Å². The molecule has 29 heavy (non-hydrogen) atoms. The van der Waals surface area contributed by atoms with Gasteiger partial charge in [-0.3, -0.25) is 20.4 Å². The second kappa shape index (κ2) is 8.87. The van der Waals surface area contributed by atoms with Crippen molar-refractivity contribution in [3.63, 3.8) is 0 Å². The standard InChI is InChI=1S/C20H20BrN5O3/c1-12-9-13(2)26(25-12)18-8-7-15(11-22-18)20(28)24-23-19(27)14(3)29-17-6-4-5-16(21)10-17/h4-11,14H,1-3H3,(H,23,27)(H,24,28). The quantitative estimate of drug-likeness (QED) is 0.573. The van der Waals surface area contributed by atoms with Crippen LogP contribution >= 0.6 is 15.9 Å². The lowest BCUT2D eigenvalue weighted by Crippen LogP contribution is -2.47. The third-order valence-corrected chi connectivity index (χ3v) is 4.51. The average Bonchev–Trinajstić information content (AvgIpc) is 3.04. The van der Waals surface area contributed by atoms with E-state index in [4.69, 9.17) is 4.74 Å². The van der Waals surface area contributed by atoms with E-state index in [2.05, 4.69) is 36.9 Å². The lowest BCUT2D eigenvalue weighted by Gasteiger charge is -2.15. The predicted molar refractivity (Wildman–Crippen MR) is 111 cm³/mol. The molecule has 0 bridgehead atoms. The summed E-state index contributed by atoms with van der Waals surface area (Å²) in [4.78, 5) is 28.7. The van der Waals surface area contributed by atoms with E-state index >= 15 is 0 Å². The maximum Gasteiger partial charge on any atom is 0.279 e. The Hall–Kier alpha value is -3.20. The molecule has 0 aliphatic carbocycles. The van der Waals surface area contributed by atoms with Gasteiger partial charge in [-0.25, -0.2) is 9.67 Å². The van der Waals surface area contributed by atoms with E-state index in [1.165, 1.54) is 6.20 Å². The van der Waals surface area contributed by atoms with Crippen LogP contribution in [0.5, 0.6) is 5.75 Å². The van der Waals surface area contributed by atoms with Gasteiger partial charge in [0.25, 0.3) is 11.8 Å². The first kappa shape index (κ1) is 20.5. The molecule has 1 aromatic carbocycles. The Morgan fingerprint density at radius 2 is 1.93 bits per heavy atom. The van der Waals surface area contributed by atoms with Gasteiger partial charge >= 0.3 is 0 Å². The van der Waals surface area contributed by atoms with E-state index in [1.54, 1.807) is 41.9 Å². The maximum atomic E-state index is 12.3. The number of benzene rings is 1. The molecule has 3 aromatic rings. The van der Waals surface area contributed by atoms with Gasteiger partial charge in [-0.2, -0.15) is 5.10 Å². The lowest BCUT2D eigenvalue weighted by atomic mass is 10.2. The number of carbonyl (C=O) groups is 2. The second-order valence-corrected chi connectivity index (χ2v) is 7.32. The van der Waals surface area contributed by atoms with Crippen LogP contribution in [0.1, 0.15) is 28.7 Å². The molecule has 0 aliphatic heterocycles. The fourth-order valence-corrected chi connectivity index (χ4v) is 2.97. The van der Waals surface area contributed by atoms with Crippen molar-refractivity contribution in [2.24, 2.45) is 0 Å². The van der Waals surface area contributed by atoms with Crippen molar-refractivity contribution >= 4 is 27.7 Å². The molecule has 0 fully saturated rings. The van der Waals surface area contributed by atoms with Gasteiger partial charge in [-0.15, -0.1) is 0 Å². The van der Waals surface area contributed by atoms with E-state index in [0.29, 0.717) is 17.1 Å². The fourth-order valence-electron chi connectivity index (χ4n) is 2.60. The average molecular weight is 458 g/mol. The van der Waals surface area contributed by atoms with Crippen molar-refractivity contribution in [1.29, 1.82) is 0 Å². The summed E-state index contributed by atoms with van der Waals surface area (Å²) >= 11 is 3.34. The van der Waals surface area contributed by atoms with Crippen LogP contribution in [-0.4, -0.2) is 32.7 Å². The summed E-state index contributed by atoms with van der Waals surface area (Å²) in [5, 5.41) is 4.35. The van der Waals surface area contributed by atoms with E-state index < -0.39 is 17.9 Å². The molecular weight excluding hydrogens is 438 g/mol. The summed E-state index contributed by atoms with van der Waals surface area (Å²) < 4.78 is 8.09. The Morgan fingerprint density at radius 1 is 1.14 bits per heavy atom. The Labute approximate surface area is 176 Å². The molecule has 0 saturated carbocycles. The molecule has 0 aliphatic rings. The number of pyridine rings is 1. The van der Waals surface area contributed by atoms with Crippen LogP contribution in [0.4, 0.5) is 0 Å². The van der Waals surface area contributed by atoms with Gasteiger partial charge in [0.15, 0.2) is 11.9 Å². The van der Waals surface area contributed by atoms with Crippen molar-refractivity contribution in [3.8, 4) is 11.6 Å². The number of nitrogens with one attached hydrogen (secondary N) is 2. The summed E-state index contributed by atoms with van der Waals surface area (Å²) in [5.41, 5.74) is 6.84. The Morgan fingerprint density at radius 3 is 2.55 bits per heavy atom. The van der Waals surface area contributed by atoms with Crippen LogP contribution in [0.3, 0.4) is 0 Å². The largest absolute Gasteiger partial charge is 0.481 e. The first-order valence-electron chi connectivity index (χ1n) is 8.85. The number of halogens is 1. The molecule has 2 aromatic heterocycles. The number of hydrogen-bond donors (Lipinski definition) is 2. The van der Waals surface area contributed by atoms with Gasteiger partial charge in [0.1, 0.15) is 5.75 Å². The summed E-state index contributed by atoms with van der Waals surface area (Å²) in [7, 11) is 0. The fraction of sp³-hybridized carbons (Fsp3) is 0.200. The first-order chi connectivity index (χ1) is 13.8. The molecule has 3 rings (SSSR count). The zero-order valence-corrected chi connectivity index (χ0v) is 17.7. The summed E-state index contributed by atoms with van der Waals surface area (Å²) in [6, 6.07) is 12.4. The molecule has 1 unspecified atom stereocenters. The van der Waals surface area contributed by atoms with Gasteiger partial charge < -0.3 is 4.74 Å². The number of aromatic nitrogens is 3. The number of aryl methyl sites for hydroxylation is 2. The molecular formula is C20H20BrN5O3. The van der Waals surface area contributed by atoms with Gasteiger partial charge in [0, 0.05) is 16.4 Å². The van der Waals surface area contributed by atoms with Crippen molar-refractivity contribution < 1.29 is 14.3 Å². The van der Waals surface area contributed by atoms with Crippen molar-refractivity contribution in [2.75, 3.05) is 0 Å². The molecule has 0 saturated heterocycles. The normalized spacial score (nSPS) is 11.6. The highest BCUT2D eigenvalue weighted by atomic mass is 79.9. The number of hydrazine groups is 1. The summed E-state index contributed by atoms with van der Waals surface area (Å²) in [6.07, 6.45) is 0.630. The van der Waals surface area contributed by atoms with Crippen LogP contribution < -0.4 is 15.6 Å². The topological polar surface area (TPSA) is 98.1 Å². The van der Waals surface area contributed by atoms with Crippen molar-refractivity contribution in [3.05, 3.63) is 70.1 Å². The third kappa shape index (κ3) is 5.20. The molecule has 2 amide bonds. The number of hydrogen-bond acceptors (Lipinski definition) is 5. The number of amides is 2. The second-order valence-electron chi connectivity index (χ2n) is 6.40. The minimum atomic E-state index is -0.795. The highest BCUT2D eigenvalue weighted by Crippen LogP contribution is 2.18. The minimum absolute atomic E-state index is 0.302. The van der Waals surface area contributed by atoms with Crippen molar-refractivity contribution in [2.45, 2.75) is 26.9 Å². The molecule has 1 atom stereocenters.